The lowest BCUT2D eigenvalue weighted by Crippen LogP contribution is -2.47. The van der Waals surface area contributed by atoms with E-state index in [4.69, 9.17) is 10.9 Å². The van der Waals surface area contributed by atoms with Crippen LogP contribution in [0.25, 0.3) is 0 Å². The van der Waals surface area contributed by atoms with Gasteiger partial charge >= 0.3 is 0 Å². The second-order valence-electron chi connectivity index (χ2n) is 5.02. The zero-order chi connectivity index (χ0) is 14.7. The molecule has 1 aliphatic heterocycles. The van der Waals surface area contributed by atoms with Crippen LogP contribution in [0.4, 0.5) is 5.82 Å². The molecule has 1 fully saturated rings. The Balaban J connectivity index is 2.35. The number of hydrogen-bond acceptors (Lipinski definition) is 6. The van der Waals surface area contributed by atoms with E-state index in [-0.39, 0.29) is 5.84 Å². The molecule has 110 valence electrons. The van der Waals surface area contributed by atoms with E-state index in [0.717, 1.165) is 44.0 Å². The maximum absolute atomic E-state index is 8.99. The van der Waals surface area contributed by atoms with Gasteiger partial charge in [0, 0.05) is 26.2 Å². The van der Waals surface area contributed by atoms with Gasteiger partial charge in [-0.25, -0.2) is 0 Å². The number of piperazine rings is 1. The van der Waals surface area contributed by atoms with Gasteiger partial charge in [0.25, 0.3) is 0 Å². The highest BCUT2D eigenvalue weighted by Crippen LogP contribution is 2.23. The van der Waals surface area contributed by atoms with Gasteiger partial charge < -0.3 is 20.7 Å². The number of amidine groups is 1. The first kappa shape index (κ1) is 14.5. The third kappa shape index (κ3) is 2.67. The molecule has 1 aliphatic rings. The molecule has 1 aromatic rings. The molecule has 7 nitrogen and oxygen atoms in total. The fraction of sp³-hybridized carbons (Fsp3) is 0.615. The first-order chi connectivity index (χ1) is 9.58. The largest absolute Gasteiger partial charge is 0.409 e. The van der Waals surface area contributed by atoms with Crippen LogP contribution in [0.2, 0.25) is 0 Å². The van der Waals surface area contributed by atoms with E-state index in [9.17, 15) is 0 Å². The predicted octanol–water partition coefficient (Wildman–Crippen LogP) is 0.330. The molecule has 0 aromatic carbocycles. The van der Waals surface area contributed by atoms with Crippen LogP contribution in [-0.4, -0.2) is 58.9 Å². The van der Waals surface area contributed by atoms with Gasteiger partial charge in [-0.2, -0.15) is 5.10 Å². The Morgan fingerprint density at radius 2 is 1.90 bits per heavy atom. The number of rotatable bonds is 3. The maximum atomic E-state index is 8.99. The molecule has 0 aliphatic carbocycles. The lowest BCUT2D eigenvalue weighted by Gasteiger charge is -2.35. The molecule has 2 rings (SSSR count). The van der Waals surface area contributed by atoms with Crippen LogP contribution in [0.3, 0.4) is 0 Å². The summed E-state index contributed by atoms with van der Waals surface area (Å²) in [4.78, 5) is 4.53. The number of aryl methyl sites for hydroxylation is 1. The van der Waals surface area contributed by atoms with Crippen LogP contribution in [-0.2, 0) is 0 Å². The number of nitrogens with zero attached hydrogens (tertiary/aromatic N) is 5. The van der Waals surface area contributed by atoms with Crippen molar-refractivity contribution in [1.29, 1.82) is 0 Å². The Bertz CT molecular complexity index is 508. The van der Waals surface area contributed by atoms with E-state index in [1.54, 1.807) is 0 Å². The summed E-state index contributed by atoms with van der Waals surface area (Å²) < 4.78 is 0. The predicted molar refractivity (Wildman–Crippen MR) is 78.3 cm³/mol. The number of likely N-dealkylation sites (N-methyl/N-ethyl adjacent to an activating group) is 1. The Labute approximate surface area is 119 Å². The van der Waals surface area contributed by atoms with E-state index in [0.29, 0.717) is 11.4 Å². The summed E-state index contributed by atoms with van der Waals surface area (Å²) in [6.45, 7) is 10.7. The van der Waals surface area contributed by atoms with E-state index in [2.05, 4.69) is 32.1 Å². The molecule has 0 unspecified atom stereocenters. The minimum absolute atomic E-state index is 0.0911. The highest BCUT2D eigenvalue weighted by molar-refractivity contribution is 6.02. The zero-order valence-corrected chi connectivity index (χ0v) is 12.3. The smallest absolute Gasteiger partial charge is 0.174 e. The highest BCUT2D eigenvalue weighted by atomic mass is 16.4. The molecule has 0 atom stereocenters. The normalized spacial score (nSPS) is 17.6. The molecule has 0 bridgehead atoms. The van der Waals surface area contributed by atoms with Crippen molar-refractivity contribution in [2.75, 3.05) is 37.6 Å². The first-order valence-corrected chi connectivity index (χ1v) is 6.87. The summed E-state index contributed by atoms with van der Waals surface area (Å²) in [5.41, 5.74) is 8.21. The van der Waals surface area contributed by atoms with Crippen LogP contribution in [0, 0.1) is 13.8 Å². The van der Waals surface area contributed by atoms with Gasteiger partial charge in [0.05, 0.1) is 11.3 Å². The van der Waals surface area contributed by atoms with Crippen molar-refractivity contribution in [3.8, 4) is 0 Å². The molecule has 7 heteroatoms. The Hall–Kier alpha value is -1.89. The molecule has 0 radical (unpaired) electrons. The molecule has 1 aromatic heterocycles. The van der Waals surface area contributed by atoms with E-state index >= 15 is 0 Å². The first-order valence-electron chi connectivity index (χ1n) is 6.87. The maximum Gasteiger partial charge on any atom is 0.174 e. The quantitative estimate of drug-likeness (QED) is 0.358. The van der Waals surface area contributed by atoms with E-state index in [1.807, 2.05) is 13.8 Å². The fourth-order valence-electron chi connectivity index (χ4n) is 2.45. The van der Waals surface area contributed by atoms with Crippen LogP contribution in [0.15, 0.2) is 5.16 Å². The van der Waals surface area contributed by atoms with Crippen LogP contribution < -0.4 is 10.6 Å². The topological polar surface area (TPSA) is 90.9 Å². The second kappa shape index (κ2) is 6.04. The number of nitrogens with two attached hydrogens (primary N) is 1. The van der Waals surface area contributed by atoms with Gasteiger partial charge in [0.1, 0.15) is 0 Å². The summed E-state index contributed by atoms with van der Waals surface area (Å²) in [7, 11) is 0. The van der Waals surface area contributed by atoms with Crippen molar-refractivity contribution >= 4 is 11.7 Å². The van der Waals surface area contributed by atoms with Crippen molar-refractivity contribution in [1.82, 2.24) is 15.1 Å². The molecule has 3 N–H and O–H groups in total. The third-order valence-corrected chi connectivity index (χ3v) is 3.92. The van der Waals surface area contributed by atoms with Gasteiger partial charge in [-0.15, -0.1) is 5.10 Å². The fourth-order valence-corrected chi connectivity index (χ4v) is 2.45. The molecule has 2 heterocycles. The third-order valence-electron chi connectivity index (χ3n) is 3.92. The average molecular weight is 278 g/mol. The molecular weight excluding hydrogens is 256 g/mol. The summed E-state index contributed by atoms with van der Waals surface area (Å²) in [6.07, 6.45) is 0. The van der Waals surface area contributed by atoms with E-state index in [1.165, 1.54) is 0 Å². The summed E-state index contributed by atoms with van der Waals surface area (Å²) in [5.74, 6) is 0.799. The van der Waals surface area contributed by atoms with Crippen molar-refractivity contribution in [2.24, 2.45) is 10.9 Å². The molecule has 1 saturated heterocycles. The number of oxime groups is 1. The average Bonchev–Trinajstić information content (AvgIpc) is 2.49. The Kier molecular flexibility index (Phi) is 4.39. The van der Waals surface area contributed by atoms with Gasteiger partial charge in [-0.3, -0.25) is 0 Å². The number of aromatic nitrogens is 2. The van der Waals surface area contributed by atoms with Gasteiger partial charge in [-0.05, 0) is 26.0 Å². The minimum Gasteiger partial charge on any atom is -0.409 e. The highest BCUT2D eigenvalue weighted by Gasteiger charge is 2.23. The lowest BCUT2D eigenvalue weighted by atomic mass is 10.1. The molecule has 0 amide bonds. The molecule has 20 heavy (non-hydrogen) atoms. The Morgan fingerprint density at radius 1 is 1.25 bits per heavy atom. The van der Waals surface area contributed by atoms with Gasteiger partial charge in [0.15, 0.2) is 11.7 Å². The summed E-state index contributed by atoms with van der Waals surface area (Å²) in [5, 5.41) is 20.6. The van der Waals surface area contributed by atoms with Gasteiger partial charge in [-0.1, -0.05) is 12.1 Å². The zero-order valence-electron chi connectivity index (χ0n) is 12.3. The van der Waals surface area contributed by atoms with Crippen LogP contribution >= 0.6 is 0 Å². The van der Waals surface area contributed by atoms with Crippen molar-refractivity contribution in [3.05, 3.63) is 16.8 Å². The van der Waals surface area contributed by atoms with Crippen molar-refractivity contribution in [2.45, 2.75) is 20.8 Å². The minimum atomic E-state index is 0.0911. The van der Waals surface area contributed by atoms with Gasteiger partial charge in [0.2, 0.25) is 0 Å². The monoisotopic (exact) mass is 278 g/mol. The lowest BCUT2D eigenvalue weighted by molar-refractivity contribution is 0.270. The summed E-state index contributed by atoms with van der Waals surface area (Å²) >= 11 is 0. The summed E-state index contributed by atoms with van der Waals surface area (Å²) in [6, 6.07) is 0. The molecule has 0 spiro atoms. The second-order valence-corrected chi connectivity index (χ2v) is 5.02. The molecular formula is C13H22N6O. The van der Waals surface area contributed by atoms with E-state index < -0.39 is 0 Å². The number of anilines is 1. The SMILES string of the molecule is CCN1CCN(c2nnc(C)c(C)c2/C(N)=N/O)CC1. The molecule has 0 saturated carbocycles. The number of hydrogen-bond donors (Lipinski definition) is 2. The van der Waals surface area contributed by atoms with Crippen molar-refractivity contribution in [3.63, 3.8) is 0 Å². The Morgan fingerprint density at radius 3 is 2.45 bits per heavy atom. The van der Waals surface area contributed by atoms with Crippen molar-refractivity contribution < 1.29 is 5.21 Å². The van der Waals surface area contributed by atoms with Crippen LogP contribution in [0.5, 0.6) is 0 Å². The standard InChI is InChI=1S/C13H22N6O/c1-4-18-5-7-19(8-6-18)13-11(12(14)17-20)9(2)10(3)15-16-13/h20H,4-8H2,1-3H3,(H2,14,17). The van der Waals surface area contributed by atoms with Crippen LogP contribution in [0.1, 0.15) is 23.7 Å².